The third-order valence-corrected chi connectivity index (χ3v) is 2.27. The molecule has 2 aromatic rings. The number of halogens is 1. The van der Waals surface area contributed by atoms with Gasteiger partial charge in [0, 0.05) is 13.2 Å². The van der Waals surface area contributed by atoms with Gasteiger partial charge in [-0.25, -0.2) is 4.98 Å². The SMILES string of the molecule is Cn1ncnc1Cn1cc(I)cn1. The monoisotopic (exact) mass is 289 g/mol. The van der Waals surface area contributed by atoms with Gasteiger partial charge in [0.05, 0.1) is 9.77 Å². The maximum atomic E-state index is 4.16. The molecule has 0 saturated heterocycles. The fourth-order valence-electron chi connectivity index (χ4n) is 1.03. The van der Waals surface area contributed by atoms with Crippen LogP contribution in [0.3, 0.4) is 0 Å². The minimum atomic E-state index is 0.666. The van der Waals surface area contributed by atoms with E-state index >= 15 is 0 Å². The number of aromatic nitrogens is 5. The summed E-state index contributed by atoms with van der Waals surface area (Å²) in [6.45, 7) is 0.666. The molecule has 2 aromatic heterocycles. The number of hydrogen-bond acceptors (Lipinski definition) is 3. The van der Waals surface area contributed by atoms with Crippen molar-refractivity contribution in [1.29, 1.82) is 0 Å². The van der Waals surface area contributed by atoms with E-state index < -0.39 is 0 Å². The molecule has 0 aliphatic rings. The lowest BCUT2D eigenvalue weighted by molar-refractivity contribution is 0.608. The van der Waals surface area contributed by atoms with Gasteiger partial charge < -0.3 is 0 Å². The predicted octanol–water partition coefficient (Wildman–Crippen LogP) is 0.664. The van der Waals surface area contributed by atoms with Crippen LogP contribution in [-0.2, 0) is 13.6 Å². The van der Waals surface area contributed by atoms with Crippen LogP contribution < -0.4 is 0 Å². The molecule has 13 heavy (non-hydrogen) atoms. The van der Waals surface area contributed by atoms with E-state index in [0.29, 0.717) is 6.54 Å². The van der Waals surface area contributed by atoms with Gasteiger partial charge in [-0.3, -0.25) is 9.36 Å². The minimum Gasteiger partial charge on any atom is -0.264 e. The van der Waals surface area contributed by atoms with E-state index in [2.05, 4.69) is 37.8 Å². The third-order valence-electron chi connectivity index (χ3n) is 1.71. The van der Waals surface area contributed by atoms with Gasteiger partial charge >= 0.3 is 0 Å². The van der Waals surface area contributed by atoms with Crippen molar-refractivity contribution < 1.29 is 0 Å². The molecule has 0 unspecified atom stereocenters. The largest absolute Gasteiger partial charge is 0.264 e. The molecule has 0 bridgehead atoms. The van der Waals surface area contributed by atoms with Crippen molar-refractivity contribution in [2.45, 2.75) is 6.54 Å². The third kappa shape index (κ3) is 1.87. The van der Waals surface area contributed by atoms with Crippen LogP contribution in [0.15, 0.2) is 18.7 Å². The van der Waals surface area contributed by atoms with Gasteiger partial charge in [0.2, 0.25) is 0 Å². The molecule has 0 spiro atoms. The Labute approximate surface area is 88.9 Å². The molecule has 2 heterocycles. The number of rotatable bonds is 2. The molecular formula is C7H8IN5. The van der Waals surface area contributed by atoms with E-state index in [0.717, 1.165) is 9.39 Å². The lowest BCUT2D eigenvalue weighted by atomic mass is 10.6. The second-order valence-electron chi connectivity index (χ2n) is 2.66. The standard InChI is InChI=1S/C7H8IN5/c1-12-7(9-5-11-12)4-13-3-6(8)2-10-13/h2-3,5H,4H2,1H3. The van der Waals surface area contributed by atoms with E-state index in [4.69, 9.17) is 0 Å². The zero-order valence-electron chi connectivity index (χ0n) is 7.05. The van der Waals surface area contributed by atoms with Gasteiger partial charge in [-0.1, -0.05) is 0 Å². The van der Waals surface area contributed by atoms with Crippen molar-refractivity contribution in [3.8, 4) is 0 Å². The minimum absolute atomic E-state index is 0.666. The van der Waals surface area contributed by atoms with Crippen LogP contribution >= 0.6 is 22.6 Å². The van der Waals surface area contributed by atoms with Gasteiger partial charge in [-0.2, -0.15) is 10.2 Å². The molecule has 0 amide bonds. The molecule has 2 rings (SSSR count). The first-order valence-electron chi connectivity index (χ1n) is 3.76. The van der Waals surface area contributed by atoms with Crippen molar-refractivity contribution in [3.63, 3.8) is 0 Å². The van der Waals surface area contributed by atoms with Gasteiger partial charge in [-0.05, 0) is 22.6 Å². The van der Waals surface area contributed by atoms with Crippen molar-refractivity contribution in [3.05, 3.63) is 28.1 Å². The summed E-state index contributed by atoms with van der Waals surface area (Å²) in [5.74, 6) is 0.902. The summed E-state index contributed by atoms with van der Waals surface area (Å²) in [5.41, 5.74) is 0. The van der Waals surface area contributed by atoms with Crippen molar-refractivity contribution in [2.75, 3.05) is 0 Å². The number of hydrogen-bond donors (Lipinski definition) is 0. The maximum Gasteiger partial charge on any atom is 0.148 e. The Hall–Kier alpha value is -0.920. The van der Waals surface area contributed by atoms with Gasteiger partial charge in [0.1, 0.15) is 18.7 Å². The highest BCUT2D eigenvalue weighted by Crippen LogP contribution is 2.02. The highest BCUT2D eigenvalue weighted by Gasteiger charge is 2.01. The second kappa shape index (κ2) is 3.44. The lowest BCUT2D eigenvalue weighted by Crippen LogP contribution is -2.06. The Morgan fingerprint density at radius 2 is 2.31 bits per heavy atom. The highest BCUT2D eigenvalue weighted by molar-refractivity contribution is 14.1. The topological polar surface area (TPSA) is 48.5 Å². The van der Waals surface area contributed by atoms with Crippen molar-refractivity contribution in [2.24, 2.45) is 7.05 Å². The van der Waals surface area contributed by atoms with Gasteiger partial charge in [0.15, 0.2) is 0 Å². The Morgan fingerprint density at radius 3 is 2.85 bits per heavy atom. The summed E-state index contributed by atoms with van der Waals surface area (Å²) >= 11 is 2.22. The Kier molecular flexibility index (Phi) is 2.30. The number of nitrogens with zero attached hydrogens (tertiary/aromatic N) is 5. The Bertz CT molecular complexity index is 404. The fourth-order valence-corrected chi connectivity index (χ4v) is 1.48. The van der Waals surface area contributed by atoms with Crippen LogP contribution in [0.1, 0.15) is 5.82 Å². The summed E-state index contributed by atoms with van der Waals surface area (Å²) in [6, 6.07) is 0. The summed E-state index contributed by atoms with van der Waals surface area (Å²) in [4.78, 5) is 4.11. The molecule has 0 aliphatic heterocycles. The summed E-state index contributed by atoms with van der Waals surface area (Å²) < 4.78 is 4.71. The van der Waals surface area contributed by atoms with Crippen LogP contribution in [0.5, 0.6) is 0 Å². The second-order valence-corrected chi connectivity index (χ2v) is 3.90. The first-order valence-corrected chi connectivity index (χ1v) is 4.84. The molecule has 0 aliphatic carbocycles. The van der Waals surface area contributed by atoms with Crippen LogP contribution in [0.4, 0.5) is 0 Å². The first-order chi connectivity index (χ1) is 6.25. The highest BCUT2D eigenvalue weighted by atomic mass is 127. The molecule has 0 aromatic carbocycles. The normalized spacial score (nSPS) is 10.6. The molecule has 68 valence electrons. The summed E-state index contributed by atoms with van der Waals surface area (Å²) in [5, 5.41) is 8.14. The van der Waals surface area contributed by atoms with Gasteiger partial charge in [-0.15, -0.1) is 0 Å². The smallest absolute Gasteiger partial charge is 0.148 e. The molecule has 0 saturated carbocycles. The van der Waals surface area contributed by atoms with Gasteiger partial charge in [0.25, 0.3) is 0 Å². The molecule has 0 radical (unpaired) electrons. The fraction of sp³-hybridized carbons (Fsp3) is 0.286. The summed E-state index contributed by atoms with van der Waals surface area (Å²) in [7, 11) is 1.87. The Balaban J connectivity index is 2.19. The molecule has 0 fully saturated rings. The van der Waals surface area contributed by atoms with Crippen LogP contribution in [0.2, 0.25) is 0 Å². The molecule has 0 atom stereocenters. The first kappa shape index (κ1) is 8.67. The average molecular weight is 289 g/mol. The predicted molar refractivity (Wildman–Crippen MR) is 55.0 cm³/mol. The van der Waals surface area contributed by atoms with E-state index in [1.807, 2.05) is 24.1 Å². The molecule has 0 N–H and O–H groups in total. The van der Waals surface area contributed by atoms with E-state index in [1.54, 1.807) is 11.0 Å². The zero-order valence-corrected chi connectivity index (χ0v) is 9.21. The molecule has 5 nitrogen and oxygen atoms in total. The lowest BCUT2D eigenvalue weighted by Gasteiger charge is -1.99. The van der Waals surface area contributed by atoms with Crippen LogP contribution in [0.25, 0.3) is 0 Å². The van der Waals surface area contributed by atoms with Crippen molar-refractivity contribution in [1.82, 2.24) is 24.5 Å². The zero-order chi connectivity index (χ0) is 9.26. The number of aryl methyl sites for hydroxylation is 1. The van der Waals surface area contributed by atoms with E-state index in [9.17, 15) is 0 Å². The van der Waals surface area contributed by atoms with E-state index in [-0.39, 0.29) is 0 Å². The van der Waals surface area contributed by atoms with Crippen LogP contribution in [-0.4, -0.2) is 24.5 Å². The van der Waals surface area contributed by atoms with E-state index in [1.165, 1.54) is 0 Å². The van der Waals surface area contributed by atoms with Crippen molar-refractivity contribution >= 4 is 22.6 Å². The maximum absolute atomic E-state index is 4.16. The Morgan fingerprint density at radius 1 is 1.46 bits per heavy atom. The molecular weight excluding hydrogens is 281 g/mol. The summed E-state index contributed by atoms with van der Waals surface area (Å²) in [6.07, 6.45) is 5.33. The average Bonchev–Trinajstić information content (AvgIpc) is 2.64. The van der Waals surface area contributed by atoms with Crippen LogP contribution in [0, 0.1) is 3.57 Å². The molecule has 6 heteroatoms. The quantitative estimate of drug-likeness (QED) is 0.763.